The van der Waals surface area contributed by atoms with Gasteiger partial charge in [0.05, 0.1) is 11.0 Å². The van der Waals surface area contributed by atoms with Crippen molar-refractivity contribution in [3.8, 4) is 5.75 Å². The van der Waals surface area contributed by atoms with Crippen LogP contribution in [0.15, 0.2) is 12.3 Å². The van der Waals surface area contributed by atoms with Gasteiger partial charge in [-0.2, -0.15) is 0 Å². The molecule has 88 valence electrons. The Morgan fingerprint density at radius 2 is 2.12 bits per heavy atom. The van der Waals surface area contributed by atoms with E-state index in [9.17, 15) is 18.9 Å². The van der Waals surface area contributed by atoms with Gasteiger partial charge in [0.2, 0.25) is 5.75 Å². The molecule has 5 nitrogen and oxygen atoms in total. The first kappa shape index (κ1) is 12.3. The molecule has 0 spiro atoms. The van der Waals surface area contributed by atoms with Gasteiger partial charge >= 0.3 is 5.69 Å². The molecule has 16 heavy (non-hydrogen) atoms. The average Bonchev–Trinajstić information content (AvgIpc) is 2.15. The molecular formula is C9H10F2N2O3. The van der Waals surface area contributed by atoms with Gasteiger partial charge in [-0.05, 0) is 13.8 Å². The molecule has 1 heterocycles. The summed E-state index contributed by atoms with van der Waals surface area (Å²) in [6.45, 7) is 3.29. The van der Waals surface area contributed by atoms with Crippen molar-refractivity contribution in [3.05, 3.63) is 28.1 Å². The van der Waals surface area contributed by atoms with Gasteiger partial charge in [0.15, 0.2) is 0 Å². The lowest BCUT2D eigenvalue weighted by atomic mass is 10.3. The van der Waals surface area contributed by atoms with Crippen molar-refractivity contribution < 1.29 is 18.4 Å². The molecule has 0 saturated carbocycles. The van der Waals surface area contributed by atoms with Gasteiger partial charge in [0.25, 0.3) is 6.43 Å². The Morgan fingerprint density at radius 1 is 1.50 bits per heavy atom. The van der Waals surface area contributed by atoms with Crippen LogP contribution in [0.1, 0.15) is 26.0 Å². The number of hydrogen-bond donors (Lipinski definition) is 0. The van der Waals surface area contributed by atoms with Crippen molar-refractivity contribution in [2.45, 2.75) is 26.4 Å². The maximum atomic E-state index is 12.3. The summed E-state index contributed by atoms with van der Waals surface area (Å²) in [7, 11) is 0. The van der Waals surface area contributed by atoms with Gasteiger partial charge in [0, 0.05) is 6.07 Å². The first-order valence-electron chi connectivity index (χ1n) is 4.51. The smallest absolute Gasteiger partial charge is 0.329 e. The molecular weight excluding hydrogens is 222 g/mol. The zero-order valence-corrected chi connectivity index (χ0v) is 8.68. The normalized spacial score (nSPS) is 10.9. The van der Waals surface area contributed by atoms with E-state index in [-0.39, 0.29) is 11.9 Å². The molecule has 0 aliphatic rings. The van der Waals surface area contributed by atoms with Crippen LogP contribution < -0.4 is 4.74 Å². The zero-order chi connectivity index (χ0) is 12.3. The van der Waals surface area contributed by atoms with Gasteiger partial charge in [0.1, 0.15) is 11.9 Å². The molecule has 0 fully saturated rings. The SMILES string of the molecule is CC(C)Oc1cc(C(F)F)ncc1[N+](=O)[O-]. The molecule has 0 saturated heterocycles. The standard InChI is InChI=1S/C9H10F2N2O3/c1-5(2)16-8-3-6(9(10)11)12-4-7(8)13(14)15/h3-5,9H,1-2H3. The van der Waals surface area contributed by atoms with Crippen LogP contribution in [-0.2, 0) is 0 Å². The molecule has 0 radical (unpaired) electrons. The summed E-state index contributed by atoms with van der Waals surface area (Å²) in [5, 5.41) is 10.6. The molecule has 1 rings (SSSR count). The van der Waals surface area contributed by atoms with Crippen LogP contribution >= 0.6 is 0 Å². The van der Waals surface area contributed by atoms with Crippen LogP contribution in [0.4, 0.5) is 14.5 Å². The predicted molar refractivity (Wildman–Crippen MR) is 51.6 cm³/mol. The average molecular weight is 232 g/mol. The van der Waals surface area contributed by atoms with Gasteiger partial charge in [-0.15, -0.1) is 0 Å². The van der Waals surface area contributed by atoms with Crippen LogP contribution in [0.5, 0.6) is 5.75 Å². The number of hydrogen-bond acceptors (Lipinski definition) is 4. The Kier molecular flexibility index (Phi) is 3.70. The molecule has 0 aliphatic carbocycles. The number of nitro groups is 1. The number of pyridine rings is 1. The molecule has 0 atom stereocenters. The third-order valence-electron chi connectivity index (χ3n) is 1.65. The fourth-order valence-electron chi connectivity index (χ4n) is 1.05. The summed E-state index contributed by atoms with van der Waals surface area (Å²) in [5.41, 5.74) is -0.959. The maximum Gasteiger partial charge on any atom is 0.329 e. The van der Waals surface area contributed by atoms with Crippen LogP contribution in [0.2, 0.25) is 0 Å². The minimum Gasteiger partial charge on any atom is -0.484 e. The minimum absolute atomic E-state index is 0.190. The van der Waals surface area contributed by atoms with Crippen LogP contribution in [0.25, 0.3) is 0 Å². The summed E-state index contributed by atoms with van der Waals surface area (Å²) in [6, 6.07) is 0.892. The highest BCUT2D eigenvalue weighted by molar-refractivity contribution is 5.45. The van der Waals surface area contributed by atoms with E-state index >= 15 is 0 Å². The summed E-state index contributed by atoms with van der Waals surface area (Å²) >= 11 is 0. The maximum absolute atomic E-state index is 12.3. The molecule has 0 aromatic carbocycles. The highest BCUT2D eigenvalue weighted by Gasteiger charge is 2.20. The number of halogens is 2. The summed E-state index contributed by atoms with van der Waals surface area (Å²) in [4.78, 5) is 13.2. The highest BCUT2D eigenvalue weighted by atomic mass is 19.3. The van der Waals surface area contributed by atoms with Gasteiger partial charge in [-0.3, -0.25) is 10.1 Å². The topological polar surface area (TPSA) is 65.3 Å². The van der Waals surface area contributed by atoms with E-state index in [1.54, 1.807) is 13.8 Å². The molecule has 0 bridgehead atoms. The van der Waals surface area contributed by atoms with Crippen molar-refractivity contribution in [1.29, 1.82) is 0 Å². The number of alkyl halides is 2. The van der Waals surface area contributed by atoms with E-state index in [2.05, 4.69) is 4.98 Å². The Labute approximate surface area is 90.2 Å². The van der Waals surface area contributed by atoms with Crippen LogP contribution in [0.3, 0.4) is 0 Å². The van der Waals surface area contributed by atoms with E-state index in [1.165, 1.54) is 0 Å². The van der Waals surface area contributed by atoms with Crippen molar-refractivity contribution in [2.24, 2.45) is 0 Å². The van der Waals surface area contributed by atoms with E-state index in [4.69, 9.17) is 4.74 Å². The second kappa shape index (κ2) is 4.82. The Morgan fingerprint density at radius 3 is 2.56 bits per heavy atom. The second-order valence-electron chi connectivity index (χ2n) is 3.30. The van der Waals surface area contributed by atoms with Crippen molar-refractivity contribution in [1.82, 2.24) is 4.98 Å². The van der Waals surface area contributed by atoms with Gasteiger partial charge < -0.3 is 4.74 Å². The lowest BCUT2D eigenvalue weighted by Crippen LogP contribution is -2.08. The number of rotatable bonds is 4. The molecule has 1 aromatic heterocycles. The highest BCUT2D eigenvalue weighted by Crippen LogP contribution is 2.30. The third kappa shape index (κ3) is 2.85. The fraction of sp³-hybridized carbons (Fsp3) is 0.444. The lowest BCUT2D eigenvalue weighted by molar-refractivity contribution is -0.386. The molecule has 1 aromatic rings. The zero-order valence-electron chi connectivity index (χ0n) is 8.68. The lowest BCUT2D eigenvalue weighted by Gasteiger charge is -2.10. The van der Waals surface area contributed by atoms with Crippen molar-refractivity contribution in [3.63, 3.8) is 0 Å². The molecule has 0 amide bonds. The monoisotopic (exact) mass is 232 g/mol. The van der Waals surface area contributed by atoms with E-state index < -0.39 is 22.7 Å². The number of aromatic nitrogens is 1. The first-order chi connectivity index (χ1) is 7.41. The number of ether oxygens (including phenoxy) is 1. The van der Waals surface area contributed by atoms with Crippen molar-refractivity contribution in [2.75, 3.05) is 0 Å². The minimum atomic E-state index is -2.78. The summed E-state index contributed by atoms with van der Waals surface area (Å²) in [5.74, 6) is -0.190. The molecule has 7 heteroatoms. The second-order valence-corrected chi connectivity index (χ2v) is 3.30. The fourth-order valence-corrected chi connectivity index (χ4v) is 1.05. The van der Waals surface area contributed by atoms with Gasteiger partial charge in [-0.1, -0.05) is 0 Å². The Bertz CT molecular complexity index is 396. The van der Waals surface area contributed by atoms with E-state index in [1.807, 2.05) is 0 Å². The predicted octanol–water partition coefficient (Wildman–Crippen LogP) is 2.71. The number of nitrogens with zero attached hydrogens (tertiary/aromatic N) is 2. The largest absolute Gasteiger partial charge is 0.484 e. The molecule has 0 N–H and O–H groups in total. The molecule has 0 unspecified atom stereocenters. The summed E-state index contributed by atoms with van der Waals surface area (Å²) in [6.07, 6.45) is -2.35. The van der Waals surface area contributed by atoms with Crippen LogP contribution in [-0.4, -0.2) is 16.0 Å². The van der Waals surface area contributed by atoms with E-state index in [0.29, 0.717) is 0 Å². The van der Waals surface area contributed by atoms with Crippen LogP contribution in [0, 0.1) is 10.1 Å². The molecule has 0 aliphatic heterocycles. The Balaban J connectivity index is 3.15. The first-order valence-corrected chi connectivity index (χ1v) is 4.51. The summed E-state index contributed by atoms with van der Waals surface area (Å²) < 4.78 is 29.7. The van der Waals surface area contributed by atoms with E-state index in [0.717, 1.165) is 12.3 Å². The Hall–Kier alpha value is -1.79. The third-order valence-corrected chi connectivity index (χ3v) is 1.65. The quantitative estimate of drug-likeness (QED) is 0.591. The van der Waals surface area contributed by atoms with Crippen molar-refractivity contribution >= 4 is 5.69 Å². The van der Waals surface area contributed by atoms with Gasteiger partial charge in [-0.25, -0.2) is 13.8 Å².